The normalized spacial score (nSPS) is 11.5. The molecule has 0 spiro atoms. The number of hydrogen-bond donors (Lipinski definition) is 1. The van der Waals surface area contributed by atoms with Gasteiger partial charge in [0.15, 0.2) is 11.0 Å². The number of thioether (sulfide) groups is 1. The Bertz CT molecular complexity index is 1330. The van der Waals surface area contributed by atoms with Crippen molar-refractivity contribution in [3.8, 4) is 17.1 Å². The van der Waals surface area contributed by atoms with Crippen molar-refractivity contribution in [1.29, 1.82) is 0 Å². The van der Waals surface area contributed by atoms with Crippen molar-refractivity contribution in [3.05, 3.63) is 89.0 Å². The Balaban J connectivity index is 1.62. The third-order valence-corrected chi connectivity index (χ3v) is 7.07. The number of hydrogen-bond acceptors (Lipinski definition) is 4. The minimum Gasteiger partial charge on any atom is -0.325 e. The van der Waals surface area contributed by atoms with Crippen molar-refractivity contribution < 1.29 is 4.79 Å². The average molecular weight is 485 g/mol. The molecule has 1 amide bonds. The van der Waals surface area contributed by atoms with Crippen LogP contribution in [0.2, 0.25) is 0 Å². The van der Waals surface area contributed by atoms with Crippen LogP contribution >= 0.6 is 11.8 Å². The van der Waals surface area contributed by atoms with Crippen molar-refractivity contribution in [3.63, 3.8) is 0 Å². The highest BCUT2D eigenvalue weighted by Crippen LogP contribution is 2.30. The second-order valence-electron chi connectivity index (χ2n) is 9.89. The van der Waals surface area contributed by atoms with E-state index >= 15 is 0 Å². The quantitative estimate of drug-likeness (QED) is 0.303. The molecule has 0 bridgehead atoms. The number of aromatic nitrogens is 3. The molecule has 1 heterocycles. The fraction of sp³-hybridized carbons (Fsp3) is 0.276. The lowest BCUT2D eigenvalue weighted by Gasteiger charge is -2.19. The van der Waals surface area contributed by atoms with Crippen LogP contribution in [0.5, 0.6) is 0 Å². The van der Waals surface area contributed by atoms with Crippen LogP contribution in [0.25, 0.3) is 17.1 Å². The van der Waals surface area contributed by atoms with E-state index in [-0.39, 0.29) is 17.1 Å². The van der Waals surface area contributed by atoms with E-state index in [1.165, 1.54) is 22.9 Å². The fourth-order valence-electron chi connectivity index (χ4n) is 3.80. The Morgan fingerprint density at radius 3 is 2.26 bits per heavy atom. The number of nitrogens with zero attached hydrogens (tertiary/aromatic N) is 3. The van der Waals surface area contributed by atoms with E-state index < -0.39 is 0 Å². The molecule has 6 heteroatoms. The molecule has 180 valence electrons. The Morgan fingerprint density at radius 2 is 1.60 bits per heavy atom. The number of anilines is 1. The van der Waals surface area contributed by atoms with E-state index in [1.54, 1.807) is 0 Å². The summed E-state index contributed by atoms with van der Waals surface area (Å²) in [7, 11) is 0. The van der Waals surface area contributed by atoms with Gasteiger partial charge >= 0.3 is 0 Å². The lowest BCUT2D eigenvalue weighted by Crippen LogP contribution is -2.15. The van der Waals surface area contributed by atoms with Gasteiger partial charge in [-0.05, 0) is 61.1 Å². The molecule has 5 nitrogen and oxygen atoms in total. The molecule has 0 fully saturated rings. The smallest absolute Gasteiger partial charge is 0.234 e. The predicted molar refractivity (Wildman–Crippen MR) is 146 cm³/mol. The first kappa shape index (κ1) is 24.7. The summed E-state index contributed by atoms with van der Waals surface area (Å²) in [6.07, 6.45) is 0. The topological polar surface area (TPSA) is 59.8 Å². The molecule has 0 aliphatic carbocycles. The van der Waals surface area contributed by atoms with E-state index in [4.69, 9.17) is 0 Å². The highest BCUT2D eigenvalue weighted by atomic mass is 32.2. The molecule has 4 rings (SSSR count). The monoisotopic (exact) mass is 484 g/mol. The molecule has 35 heavy (non-hydrogen) atoms. The summed E-state index contributed by atoms with van der Waals surface area (Å²) >= 11 is 1.38. The van der Waals surface area contributed by atoms with Crippen LogP contribution in [0.3, 0.4) is 0 Å². The van der Waals surface area contributed by atoms with Gasteiger partial charge < -0.3 is 5.32 Å². The maximum atomic E-state index is 12.8. The molecule has 1 N–H and O–H groups in total. The van der Waals surface area contributed by atoms with Gasteiger partial charge in [0.1, 0.15) is 0 Å². The molecule has 0 atom stereocenters. The van der Waals surface area contributed by atoms with Crippen LogP contribution in [0, 0.1) is 20.8 Å². The minimum atomic E-state index is -0.0711. The number of benzene rings is 3. The minimum absolute atomic E-state index is 0.0711. The van der Waals surface area contributed by atoms with Crippen LogP contribution < -0.4 is 5.32 Å². The van der Waals surface area contributed by atoms with Crippen LogP contribution in [-0.4, -0.2) is 26.4 Å². The number of rotatable bonds is 6. The first-order valence-electron chi connectivity index (χ1n) is 11.8. The Hall–Kier alpha value is -3.38. The molecule has 0 radical (unpaired) electrons. The summed E-state index contributed by atoms with van der Waals surface area (Å²) in [4.78, 5) is 12.8. The molecular weight excluding hydrogens is 452 g/mol. The van der Waals surface area contributed by atoms with Crippen molar-refractivity contribution in [2.24, 2.45) is 0 Å². The highest BCUT2D eigenvalue weighted by molar-refractivity contribution is 7.99. The van der Waals surface area contributed by atoms with E-state index in [1.807, 2.05) is 36.6 Å². The molecule has 0 saturated carbocycles. The van der Waals surface area contributed by atoms with Gasteiger partial charge in [-0.1, -0.05) is 86.6 Å². The van der Waals surface area contributed by atoms with Crippen LogP contribution in [0.1, 0.15) is 43.0 Å². The standard InChI is InChI=1S/C29H32N4OS/c1-19-10-16-24(17-11-19)33-27(22-12-14-23(15-13-22)29(4,5)6)31-32-28(33)35-18-26(34)30-25-9-7-8-20(2)21(25)3/h7-17H,18H2,1-6H3,(H,30,34). The lowest BCUT2D eigenvalue weighted by atomic mass is 9.87. The third-order valence-electron chi connectivity index (χ3n) is 6.15. The van der Waals surface area contributed by atoms with E-state index in [2.05, 4.69) is 91.7 Å². The molecular formula is C29H32N4OS. The molecule has 1 aromatic heterocycles. The molecule has 0 unspecified atom stereocenters. The zero-order chi connectivity index (χ0) is 25.2. The second-order valence-corrected chi connectivity index (χ2v) is 10.8. The zero-order valence-electron chi connectivity index (χ0n) is 21.2. The van der Waals surface area contributed by atoms with Crippen LogP contribution in [0.4, 0.5) is 5.69 Å². The average Bonchev–Trinajstić information content (AvgIpc) is 3.25. The summed E-state index contributed by atoms with van der Waals surface area (Å²) in [5.41, 5.74) is 7.54. The first-order valence-corrected chi connectivity index (χ1v) is 12.7. The first-order chi connectivity index (χ1) is 16.6. The predicted octanol–water partition coefficient (Wildman–Crippen LogP) is 6.89. The van der Waals surface area contributed by atoms with Gasteiger partial charge in [0.2, 0.25) is 5.91 Å². The van der Waals surface area contributed by atoms with Gasteiger partial charge in [0, 0.05) is 16.9 Å². The van der Waals surface area contributed by atoms with Gasteiger partial charge in [0.05, 0.1) is 5.75 Å². The highest BCUT2D eigenvalue weighted by Gasteiger charge is 2.19. The fourth-order valence-corrected chi connectivity index (χ4v) is 4.55. The summed E-state index contributed by atoms with van der Waals surface area (Å²) in [5, 5.41) is 12.7. The molecule has 0 aliphatic heterocycles. The number of aryl methyl sites for hydroxylation is 2. The zero-order valence-corrected chi connectivity index (χ0v) is 22.0. The number of nitrogens with one attached hydrogen (secondary N) is 1. The Labute approximate surface area is 212 Å². The van der Waals surface area contributed by atoms with Gasteiger partial charge in [0.25, 0.3) is 0 Å². The van der Waals surface area contributed by atoms with Crippen molar-refractivity contribution >= 4 is 23.4 Å². The number of amides is 1. The second kappa shape index (κ2) is 10.1. The summed E-state index contributed by atoms with van der Waals surface area (Å²) < 4.78 is 2.03. The van der Waals surface area contributed by atoms with Gasteiger partial charge in [-0.15, -0.1) is 10.2 Å². The SMILES string of the molecule is Cc1ccc(-n2c(SCC(=O)Nc3cccc(C)c3C)nnc2-c2ccc(C(C)(C)C)cc2)cc1. The van der Waals surface area contributed by atoms with E-state index in [0.717, 1.165) is 33.9 Å². The van der Waals surface area contributed by atoms with Crippen molar-refractivity contribution in [1.82, 2.24) is 14.8 Å². The number of carbonyl (C=O) groups excluding carboxylic acids is 1. The summed E-state index contributed by atoms with van der Waals surface area (Å²) in [5.74, 6) is 0.922. The van der Waals surface area contributed by atoms with Gasteiger partial charge in [-0.25, -0.2) is 0 Å². The Kier molecular flexibility index (Phi) is 7.13. The Morgan fingerprint density at radius 1 is 0.914 bits per heavy atom. The van der Waals surface area contributed by atoms with E-state index in [9.17, 15) is 4.79 Å². The third kappa shape index (κ3) is 5.65. The molecule has 3 aromatic carbocycles. The van der Waals surface area contributed by atoms with Crippen LogP contribution in [0.15, 0.2) is 71.9 Å². The molecule has 0 saturated heterocycles. The summed E-state index contributed by atoms with van der Waals surface area (Å²) in [6.45, 7) is 12.7. The maximum absolute atomic E-state index is 12.8. The molecule has 4 aromatic rings. The van der Waals surface area contributed by atoms with E-state index in [0.29, 0.717) is 5.16 Å². The van der Waals surface area contributed by atoms with Crippen molar-refractivity contribution in [2.45, 2.75) is 52.1 Å². The largest absolute Gasteiger partial charge is 0.325 e. The maximum Gasteiger partial charge on any atom is 0.234 e. The lowest BCUT2D eigenvalue weighted by molar-refractivity contribution is -0.113. The van der Waals surface area contributed by atoms with Gasteiger partial charge in [-0.2, -0.15) is 0 Å². The van der Waals surface area contributed by atoms with Crippen LogP contribution in [-0.2, 0) is 10.2 Å². The number of carbonyl (C=O) groups is 1. The molecule has 0 aliphatic rings. The van der Waals surface area contributed by atoms with Gasteiger partial charge in [-0.3, -0.25) is 9.36 Å². The summed E-state index contributed by atoms with van der Waals surface area (Å²) in [6, 6.07) is 22.7. The van der Waals surface area contributed by atoms with Crippen molar-refractivity contribution in [2.75, 3.05) is 11.1 Å².